The summed E-state index contributed by atoms with van der Waals surface area (Å²) in [6.07, 6.45) is 0. The molecule has 0 bridgehead atoms. The average molecular weight is 354 g/mol. The van der Waals surface area contributed by atoms with Crippen LogP contribution in [0.1, 0.15) is 15.4 Å². The van der Waals surface area contributed by atoms with Crippen LogP contribution in [0.3, 0.4) is 0 Å². The first-order valence-corrected chi connectivity index (χ1v) is 9.29. The van der Waals surface area contributed by atoms with Crippen molar-refractivity contribution in [1.29, 1.82) is 0 Å². The minimum absolute atomic E-state index is 0.0365. The fourth-order valence-electron chi connectivity index (χ4n) is 3.48. The summed E-state index contributed by atoms with van der Waals surface area (Å²) in [4.78, 5) is 22.2. The fraction of sp³-hybridized carbons (Fsp3) is 0.750. The second-order valence-electron chi connectivity index (χ2n) is 6.51. The van der Waals surface area contributed by atoms with E-state index in [4.69, 9.17) is 4.74 Å². The molecule has 0 radical (unpaired) electrons. The molecule has 2 N–H and O–H groups in total. The van der Waals surface area contributed by atoms with E-state index in [0.717, 1.165) is 43.7 Å². The lowest BCUT2D eigenvalue weighted by Crippen LogP contribution is -2.41. The minimum atomic E-state index is 0.0365. The number of aromatic nitrogens is 1. The Morgan fingerprint density at radius 2 is 2.08 bits per heavy atom. The predicted molar refractivity (Wildman–Crippen MR) is 93.6 cm³/mol. The van der Waals surface area contributed by atoms with Crippen molar-refractivity contribution < 1.29 is 14.6 Å². The molecular formula is C16H26N4O3S. The van der Waals surface area contributed by atoms with E-state index in [1.54, 1.807) is 0 Å². The molecule has 3 heterocycles. The van der Waals surface area contributed by atoms with Gasteiger partial charge in [0.2, 0.25) is 0 Å². The molecule has 0 spiro atoms. The third kappa shape index (κ3) is 3.72. The number of likely N-dealkylation sites (tertiary alicyclic amines) is 1. The topological polar surface area (TPSA) is 77.9 Å². The lowest BCUT2D eigenvalue weighted by molar-refractivity contribution is 0.0264. The third-order valence-corrected chi connectivity index (χ3v) is 6.06. The highest BCUT2D eigenvalue weighted by molar-refractivity contribution is 7.17. The number of anilines is 1. The first-order chi connectivity index (χ1) is 11.6. The van der Waals surface area contributed by atoms with Gasteiger partial charge in [0.25, 0.3) is 5.91 Å². The van der Waals surface area contributed by atoms with E-state index in [-0.39, 0.29) is 18.4 Å². The molecule has 1 amide bonds. The Morgan fingerprint density at radius 3 is 2.71 bits per heavy atom. The van der Waals surface area contributed by atoms with Crippen LogP contribution in [0, 0.1) is 18.8 Å². The highest BCUT2D eigenvalue weighted by atomic mass is 32.1. The van der Waals surface area contributed by atoms with E-state index < -0.39 is 0 Å². The van der Waals surface area contributed by atoms with Gasteiger partial charge in [0.1, 0.15) is 4.88 Å². The lowest BCUT2D eigenvalue weighted by Gasteiger charge is -2.30. The van der Waals surface area contributed by atoms with Gasteiger partial charge >= 0.3 is 0 Å². The summed E-state index contributed by atoms with van der Waals surface area (Å²) in [6.45, 7) is 7.64. The number of morpholine rings is 1. The Balaban J connectivity index is 1.66. The zero-order chi connectivity index (χ0) is 17.1. The van der Waals surface area contributed by atoms with E-state index in [9.17, 15) is 9.90 Å². The summed E-state index contributed by atoms with van der Waals surface area (Å²) < 4.78 is 5.39. The number of nitrogens with one attached hydrogen (secondary N) is 1. The quantitative estimate of drug-likeness (QED) is 0.802. The zero-order valence-electron chi connectivity index (χ0n) is 14.3. The van der Waals surface area contributed by atoms with Gasteiger partial charge in [0.15, 0.2) is 5.13 Å². The van der Waals surface area contributed by atoms with Gasteiger partial charge in [-0.2, -0.15) is 0 Å². The molecule has 0 aromatic carbocycles. The van der Waals surface area contributed by atoms with Gasteiger partial charge in [-0.05, 0) is 12.8 Å². The van der Waals surface area contributed by atoms with Crippen molar-refractivity contribution in [1.82, 2.24) is 14.8 Å². The van der Waals surface area contributed by atoms with Crippen LogP contribution in [0.25, 0.3) is 0 Å². The number of aryl methyl sites for hydroxylation is 1. The Morgan fingerprint density at radius 1 is 1.38 bits per heavy atom. The SMILES string of the molecule is CNc1nc(C)c(C(=O)N2C[C@@H](CN3CCOCC3)[C@@H](CO)C2)s1. The van der Waals surface area contributed by atoms with Crippen molar-refractivity contribution in [2.24, 2.45) is 11.8 Å². The molecule has 1 aromatic heterocycles. The maximum Gasteiger partial charge on any atom is 0.265 e. The molecule has 134 valence electrons. The number of rotatable bonds is 5. The molecule has 2 aliphatic rings. The predicted octanol–water partition coefficient (Wildman–Crippen LogP) is 0.506. The Bertz CT molecular complexity index is 574. The molecule has 1 aromatic rings. The van der Waals surface area contributed by atoms with Crippen LogP contribution in [0.5, 0.6) is 0 Å². The van der Waals surface area contributed by atoms with Crippen LogP contribution in [-0.2, 0) is 4.74 Å². The number of nitrogens with zero attached hydrogens (tertiary/aromatic N) is 3. The van der Waals surface area contributed by atoms with Crippen LogP contribution < -0.4 is 5.32 Å². The maximum atomic E-state index is 12.8. The Hall–Kier alpha value is -1.22. The van der Waals surface area contributed by atoms with Gasteiger partial charge < -0.3 is 20.1 Å². The van der Waals surface area contributed by atoms with Crippen molar-refractivity contribution >= 4 is 22.4 Å². The first kappa shape index (κ1) is 17.6. The van der Waals surface area contributed by atoms with Gasteiger partial charge in [0.05, 0.1) is 18.9 Å². The molecule has 3 rings (SSSR count). The summed E-state index contributed by atoms with van der Waals surface area (Å²) in [5, 5.41) is 13.5. The standard InChI is InChI=1S/C16H26N4O3S/c1-11-14(24-16(17-2)18-11)15(22)20-8-12(13(9-20)10-21)7-19-3-5-23-6-4-19/h12-13,21H,3-10H2,1-2H3,(H,17,18)/t12-,13-/m1/s1. The number of aliphatic hydroxyl groups is 1. The van der Waals surface area contributed by atoms with Gasteiger partial charge in [-0.1, -0.05) is 11.3 Å². The average Bonchev–Trinajstić information content (AvgIpc) is 3.18. The van der Waals surface area contributed by atoms with Crippen molar-refractivity contribution in [2.75, 3.05) is 64.9 Å². The number of hydrogen-bond acceptors (Lipinski definition) is 7. The molecular weight excluding hydrogens is 328 g/mol. The zero-order valence-corrected chi connectivity index (χ0v) is 15.1. The maximum absolute atomic E-state index is 12.8. The Kier molecular flexibility index (Phi) is 5.70. The van der Waals surface area contributed by atoms with Gasteiger partial charge in [-0.25, -0.2) is 4.98 Å². The van der Waals surface area contributed by atoms with Crippen molar-refractivity contribution in [3.63, 3.8) is 0 Å². The molecule has 2 aliphatic heterocycles. The van der Waals surface area contributed by atoms with Crippen LogP contribution in [0.2, 0.25) is 0 Å². The molecule has 0 unspecified atom stereocenters. The van der Waals surface area contributed by atoms with Crippen molar-refractivity contribution in [3.8, 4) is 0 Å². The summed E-state index contributed by atoms with van der Waals surface area (Å²) in [6, 6.07) is 0. The number of carbonyl (C=O) groups is 1. The highest BCUT2D eigenvalue weighted by Gasteiger charge is 2.37. The third-order valence-electron chi connectivity index (χ3n) is 4.90. The molecule has 2 saturated heterocycles. The molecule has 2 atom stereocenters. The molecule has 24 heavy (non-hydrogen) atoms. The number of thiazole rings is 1. The summed E-state index contributed by atoms with van der Waals surface area (Å²) in [5.41, 5.74) is 0.770. The number of carbonyl (C=O) groups excluding carboxylic acids is 1. The summed E-state index contributed by atoms with van der Waals surface area (Å²) >= 11 is 1.40. The second-order valence-corrected chi connectivity index (χ2v) is 7.51. The molecule has 8 heteroatoms. The van der Waals surface area contributed by atoms with Crippen LogP contribution in [-0.4, -0.2) is 85.4 Å². The molecule has 2 fully saturated rings. The van der Waals surface area contributed by atoms with Crippen molar-refractivity contribution in [3.05, 3.63) is 10.6 Å². The molecule has 7 nitrogen and oxygen atoms in total. The monoisotopic (exact) mass is 354 g/mol. The second kappa shape index (κ2) is 7.77. The van der Waals surface area contributed by atoms with E-state index in [2.05, 4.69) is 15.2 Å². The number of ether oxygens (including phenoxy) is 1. The van der Waals surface area contributed by atoms with E-state index >= 15 is 0 Å². The van der Waals surface area contributed by atoms with Gasteiger partial charge in [-0.3, -0.25) is 9.69 Å². The van der Waals surface area contributed by atoms with E-state index in [0.29, 0.717) is 23.9 Å². The van der Waals surface area contributed by atoms with E-state index in [1.165, 1.54) is 11.3 Å². The number of hydrogen-bond donors (Lipinski definition) is 2. The largest absolute Gasteiger partial charge is 0.396 e. The van der Waals surface area contributed by atoms with Gasteiger partial charge in [0, 0.05) is 52.3 Å². The number of aliphatic hydroxyl groups excluding tert-OH is 1. The molecule has 0 aliphatic carbocycles. The normalized spacial score (nSPS) is 25.2. The van der Waals surface area contributed by atoms with Crippen LogP contribution in [0.15, 0.2) is 0 Å². The summed E-state index contributed by atoms with van der Waals surface area (Å²) in [5.74, 6) is 0.497. The van der Waals surface area contributed by atoms with Crippen LogP contribution >= 0.6 is 11.3 Å². The minimum Gasteiger partial charge on any atom is -0.396 e. The van der Waals surface area contributed by atoms with Gasteiger partial charge in [-0.15, -0.1) is 0 Å². The Labute approximate surface area is 146 Å². The smallest absolute Gasteiger partial charge is 0.265 e. The number of amides is 1. The highest BCUT2D eigenvalue weighted by Crippen LogP contribution is 2.29. The van der Waals surface area contributed by atoms with Crippen molar-refractivity contribution in [2.45, 2.75) is 6.92 Å². The lowest BCUT2D eigenvalue weighted by atomic mass is 9.96. The van der Waals surface area contributed by atoms with Crippen LogP contribution in [0.4, 0.5) is 5.13 Å². The fourth-order valence-corrected chi connectivity index (χ4v) is 4.37. The summed E-state index contributed by atoms with van der Waals surface area (Å²) in [7, 11) is 1.81. The first-order valence-electron chi connectivity index (χ1n) is 8.47. The van der Waals surface area contributed by atoms with E-state index in [1.807, 2.05) is 18.9 Å². The molecule has 0 saturated carbocycles.